The summed E-state index contributed by atoms with van der Waals surface area (Å²) in [6.45, 7) is 4.87. The van der Waals surface area contributed by atoms with E-state index in [-0.39, 0.29) is 24.4 Å². The topological polar surface area (TPSA) is 97.5 Å². The Morgan fingerprint density at radius 1 is 1.26 bits per heavy atom. The highest BCUT2D eigenvalue weighted by atomic mass is 16.6. The number of carbonyl (C=O) groups excluding carboxylic acids is 1. The first-order valence-corrected chi connectivity index (χ1v) is 9.48. The Kier molecular flexibility index (Phi) is 4.04. The summed E-state index contributed by atoms with van der Waals surface area (Å²) in [7, 11) is 0. The van der Waals surface area contributed by atoms with Gasteiger partial charge in [0.25, 0.3) is 0 Å². The second-order valence-corrected chi connectivity index (χ2v) is 7.40. The summed E-state index contributed by atoms with van der Waals surface area (Å²) < 4.78 is 10.1. The number of amides is 1. The van der Waals surface area contributed by atoms with E-state index in [1.807, 2.05) is 11.1 Å². The third kappa shape index (κ3) is 2.86. The molecule has 2 aromatic heterocycles. The summed E-state index contributed by atoms with van der Waals surface area (Å²) in [6, 6.07) is 0.257. The molecule has 3 aliphatic rings. The zero-order valence-corrected chi connectivity index (χ0v) is 15.3. The molecule has 2 bridgehead atoms. The van der Waals surface area contributed by atoms with Gasteiger partial charge in [-0.2, -0.15) is 0 Å². The molecule has 0 radical (unpaired) electrons. The SMILES string of the molecule is Cc1nonc1CC(=O)N1[C@H]2CC[C@@H]1c1cnc(N3CCOCC3)nc1C2. The normalized spacial score (nSPS) is 24.2. The van der Waals surface area contributed by atoms with Crippen molar-refractivity contribution < 1.29 is 14.2 Å². The first-order chi connectivity index (χ1) is 13.2. The van der Waals surface area contributed by atoms with Crippen LogP contribution in [-0.2, 0) is 22.4 Å². The molecule has 0 aliphatic carbocycles. The number of aromatic nitrogens is 4. The van der Waals surface area contributed by atoms with Gasteiger partial charge in [0, 0.05) is 37.3 Å². The first-order valence-electron chi connectivity index (χ1n) is 9.48. The van der Waals surface area contributed by atoms with E-state index in [0.717, 1.165) is 49.6 Å². The van der Waals surface area contributed by atoms with Crippen LogP contribution in [0.2, 0.25) is 0 Å². The predicted octanol–water partition coefficient (Wildman–Crippen LogP) is 0.836. The number of hydrogen-bond acceptors (Lipinski definition) is 8. The molecule has 27 heavy (non-hydrogen) atoms. The van der Waals surface area contributed by atoms with Gasteiger partial charge in [0.05, 0.1) is 31.4 Å². The highest BCUT2D eigenvalue weighted by molar-refractivity contribution is 5.80. The van der Waals surface area contributed by atoms with Crippen LogP contribution in [0.15, 0.2) is 10.8 Å². The number of anilines is 1. The maximum absolute atomic E-state index is 13.0. The van der Waals surface area contributed by atoms with E-state index >= 15 is 0 Å². The number of rotatable bonds is 3. The molecule has 1 amide bonds. The molecule has 2 aromatic rings. The lowest BCUT2D eigenvalue weighted by molar-refractivity contribution is -0.134. The number of fused-ring (bicyclic) bond motifs is 4. The molecule has 2 fully saturated rings. The number of morpholine rings is 1. The van der Waals surface area contributed by atoms with Crippen LogP contribution in [0.5, 0.6) is 0 Å². The van der Waals surface area contributed by atoms with E-state index in [0.29, 0.717) is 24.6 Å². The molecule has 3 aliphatic heterocycles. The van der Waals surface area contributed by atoms with Gasteiger partial charge in [0.1, 0.15) is 11.4 Å². The van der Waals surface area contributed by atoms with Crippen LogP contribution >= 0.6 is 0 Å². The Hall–Kier alpha value is -2.55. The predicted molar refractivity (Wildman–Crippen MR) is 94.1 cm³/mol. The molecular formula is C18H22N6O3. The standard InChI is InChI=1S/C18H22N6O3/c1-11-14(22-27-21-11)9-17(25)24-12-2-3-16(24)13-10-19-18(20-15(13)8-12)23-4-6-26-7-5-23/h10,12,16H,2-9H2,1H3/t12-,16+/m0/s1. The fourth-order valence-electron chi connectivity index (χ4n) is 4.41. The van der Waals surface area contributed by atoms with Crippen LogP contribution in [0.4, 0.5) is 5.95 Å². The summed E-state index contributed by atoms with van der Waals surface area (Å²) in [6.07, 6.45) is 4.88. The second kappa shape index (κ2) is 6.56. The number of nitrogens with zero attached hydrogens (tertiary/aromatic N) is 6. The van der Waals surface area contributed by atoms with Gasteiger partial charge in [-0.1, -0.05) is 10.3 Å². The quantitative estimate of drug-likeness (QED) is 0.784. The Morgan fingerprint density at radius 2 is 2.11 bits per heavy atom. The van der Waals surface area contributed by atoms with Crippen molar-refractivity contribution in [1.29, 1.82) is 0 Å². The van der Waals surface area contributed by atoms with Gasteiger partial charge in [-0.3, -0.25) is 4.79 Å². The Bertz CT molecular complexity index is 863. The van der Waals surface area contributed by atoms with E-state index in [1.165, 1.54) is 0 Å². The molecule has 9 nitrogen and oxygen atoms in total. The molecule has 5 rings (SSSR count). The smallest absolute Gasteiger partial charge is 0.229 e. The van der Waals surface area contributed by atoms with Gasteiger partial charge < -0.3 is 14.5 Å². The third-order valence-corrected chi connectivity index (χ3v) is 5.82. The number of aryl methyl sites for hydroxylation is 1. The lowest BCUT2D eigenvalue weighted by atomic mass is 9.98. The van der Waals surface area contributed by atoms with E-state index < -0.39 is 0 Å². The molecule has 0 saturated carbocycles. The van der Waals surface area contributed by atoms with Gasteiger partial charge in [-0.05, 0) is 19.8 Å². The van der Waals surface area contributed by atoms with Crippen LogP contribution in [0.3, 0.4) is 0 Å². The van der Waals surface area contributed by atoms with Crippen molar-refractivity contribution in [3.05, 3.63) is 28.8 Å². The minimum Gasteiger partial charge on any atom is -0.378 e. The average Bonchev–Trinajstić information content (AvgIpc) is 3.24. The number of ether oxygens (including phenoxy) is 1. The lowest BCUT2D eigenvalue weighted by Crippen LogP contribution is -2.43. The van der Waals surface area contributed by atoms with E-state index in [1.54, 1.807) is 6.92 Å². The monoisotopic (exact) mass is 370 g/mol. The highest BCUT2D eigenvalue weighted by Crippen LogP contribution is 2.43. The van der Waals surface area contributed by atoms with Crippen LogP contribution < -0.4 is 4.90 Å². The van der Waals surface area contributed by atoms with Crippen LogP contribution in [-0.4, -0.2) is 63.4 Å². The van der Waals surface area contributed by atoms with Crippen LogP contribution in [0.1, 0.15) is 41.5 Å². The fourth-order valence-corrected chi connectivity index (χ4v) is 4.41. The van der Waals surface area contributed by atoms with Crippen molar-refractivity contribution in [2.45, 2.75) is 44.7 Å². The van der Waals surface area contributed by atoms with Crippen LogP contribution in [0, 0.1) is 6.92 Å². The number of carbonyl (C=O) groups is 1. The molecule has 2 atom stereocenters. The zero-order chi connectivity index (χ0) is 18.4. The van der Waals surface area contributed by atoms with E-state index in [9.17, 15) is 4.79 Å². The van der Waals surface area contributed by atoms with Crippen LogP contribution in [0.25, 0.3) is 0 Å². The minimum absolute atomic E-state index is 0.0603. The molecular weight excluding hydrogens is 348 g/mol. The molecule has 9 heteroatoms. The lowest BCUT2D eigenvalue weighted by Gasteiger charge is -2.36. The zero-order valence-electron chi connectivity index (χ0n) is 15.3. The van der Waals surface area contributed by atoms with Gasteiger partial charge in [0.15, 0.2) is 0 Å². The van der Waals surface area contributed by atoms with Gasteiger partial charge in [-0.25, -0.2) is 14.6 Å². The van der Waals surface area contributed by atoms with Crippen molar-refractivity contribution in [2.24, 2.45) is 0 Å². The molecule has 0 N–H and O–H groups in total. The first kappa shape index (κ1) is 16.6. The number of hydrogen-bond donors (Lipinski definition) is 0. The second-order valence-electron chi connectivity index (χ2n) is 7.40. The van der Waals surface area contributed by atoms with E-state index in [4.69, 9.17) is 14.3 Å². The van der Waals surface area contributed by atoms with Gasteiger partial charge in [-0.15, -0.1) is 0 Å². The van der Waals surface area contributed by atoms with Crippen molar-refractivity contribution in [3.8, 4) is 0 Å². The average molecular weight is 370 g/mol. The van der Waals surface area contributed by atoms with Gasteiger partial charge >= 0.3 is 0 Å². The van der Waals surface area contributed by atoms with Crippen molar-refractivity contribution in [3.63, 3.8) is 0 Å². The Labute approximate surface area is 156 Å². The maximum atomic E-state index is 13.0. The Balaban J connectivity index is 1.38. The largest absolute Gasteiger partial charge is 0.378 e. The maximum Gasteiger partial charge on any atom is 0.229 e. The van der Waals surface area contributed by atoms with Gasteiger partial charge in [0.2, 0.25) is 11.9 Å². The molecule has 0 aromatic carbocycles. The van der Waals surface area contributed by atoms with Crippen molar-refractivity contribution >= 4 is 11.9 Å². The van der Waals surface area contributed by atoms with Crippen molar-refractivity contribution in [1.82, 2.24) is 25.2 Å². The molecule has 0 spiro atoms. The highest BCUT2D eigenvalue weighted by Gasteiger charge is 2.43. The van der Waals surface area contributed by atoms with Crippen molar-refractivity contribution in [2.75, 3.05) is 31.2 Å². The third-order valence-electron chi connectivity index (χ3n) is 5.82. The summed E-state index contributed by atoms with van der Waals surface area (Å²) >= 11 is 0. The molecule has 2 saturated heterocycles. The molecule has 142 valence electrons. The molecule has 0 unspecified atom stereocenters. The Morgan fingerprint density at radius 3 is 2.89 bits per heavy atom. The summed E-state index contributed by atoms with van der Waals surface area (Å²) in [5.41, 5.74) is 3.46. The molecule has 5 heterocycles. The minimum atomic E-state index is 0.0603. The summed E-state index contributed by atoms with van der Waals surface area (Å²) in [4.78, 5) is 26.6. The fraction of sp³-hybridized carbons (Fsp3) is 0.611. The van der Waals surface area contributed by atoms with E-state index in [2.05, 4.69) is 20.2 Å². The summed E-state index contributed by atoms with van der Waals surface area (Å²) in [5, 5.41) is 7.62. The summed E-state index contributed by atoms with van der Waals surface area (Å²) in [5.74, 6) is 0.852.